The molecule has 274 valence electrons. The van der Waals surface area contributed by atoms with Gasteiger partial charge in [0.25, 0.3) is 0 Å². The summed E-state index contributed by atoms with van der Waals surface area (Å²) in [6, 6.07) is 76.1. The molecule has 1 aromatic heterocycles. The predicted molar refractivity (Wildman–Crippen MR) is 259 cm³/mol. The minimum atomic E-state index is -1.09. The summed E-state index contributed by atoms with van der Waals surface area (Å²) in [5.74, 6) is 0. The Hall–Kier alpha value is -6.39. The third-order valence-corrected chi connectivity index (χ3v) is 21.5. The van der Waals surface area contributed by atoms with Gasteiger partial charge >= 0.3 is 328 Å². The molecule has 0 bridgehead atoms. The van der Waals surface area contributed by atoms with E-state index in [0.717, 1.165) is 0 Å². The fourth-order valence-electron chi connectivity index (χ4n) is 10.8. The Labute approximate surface area is 355 Å². The first kappa shape index (κ1) is 33.6. The van der Waals surface area contributed by atoms with Crippen molar-refractivity contribution in [2.45, 2.75) is 0 Å². The van der Waals surface area contributed by atoms with Crippen molar-refractivity contribution in [3.05, 3.63) is 200 Å². The molecule has 0 fully saturated rings. The van der Waals surface area contributed by atoms with Crippen molar-refractivity contribution in [1.29, 1.82) is 0 Å². The standard InChI is InChI=1S/C56H37Ge2N/c1-2-15-34(16-3-1)59-52-32-9-6-17-37(52)42-26-12-27-45(56(42)59)53-40-22-10-20-35(38-24-13-30-50-54(38)43-18-4-7-28-48(43)57-50)46(40)33-47-36(21-11-23-41(47)53)39-25-14-31-51-55(39)44-19-5-8-29-49(44)58-51/h1-33H,57-58H2. The van der Waals surface area contributed by atoms with Crippen molar-refractivity contribution in [2.75, 3.05) is 0 Å². The maximum absolute atomic E-state index is 2.55. The molecular weight excluding hydrogens is 832 g/mol. The van der Waals surface area contributed by atoms with E-state index in [1.165, 1.54) is 105 Å². The second-order valence-electron chi connectivity index (χ2n) is 16.3. The van der Waals surface area contributed by atoms with Crippen LogP contribution >= 0.6 is 0 Å². The Kier molecular flexibility index (Phi) is 7.43. The van der Waals surface area contributed by atoms with Crippen LogP contribution in [-0.2, 0) is 0 Å². The van der Waals surface area contributed by atoms with Gasteiger partial charge in [0.2, 0.25) is 0 Å². The zero-order valence-corrected chi connectivity index (χ0v) is 38.3. The topological polar surface area (TPSA) is 4.93 Å². The van der Waals surface area contributed by atoms with Gasteiger partial charge in [0, 0.05) is 0 Å². The average molecular weight is 869 g/mol. The van der Waals surface area contributed by atoms with Crippen molar-refractivity contribution in [3.8, 4) is 61.3 Å². The normalized spacial score (nSPS) is 13.4. The fraction of sp³-hybridized carbons (Fsp3) is 0. The number of nitrogens with zero attached hydrogens (tertiary/aromatic N) is 1. The third-order valence-electron chi connectivity index (χ3n) is 13.2. The van der Waals surface area contributed by atoms with Crippen LogP contribution in [0.15, 0.2) is 200 Å². The Morgan fingerprint density at radius 1 is 0.271 bits per heavy atom. The molecule has 0 radical (unpaired) electrons. The van der Waals surface area contributed by atoms with Crippen LogP contribution in [-0.4, -0.2) is 35.4 Å². The van der Waals surface area contributed by atoms with Crippen molar-refractivity contribution in [1.82, 2.24) is 4.57 Å². The Bertz CT molecular complexity index is 3400. The van der Waals surface area contributed by atoms with Crippen molar-refractivity contribution in [2.24, 2.45) is 0 Å². The number of para-hydroxylation sites is 3. The third kappa shape index (κ3) is 4.92. The van der Waals surface area contributed by atoms with E-state index < -0.39 is 30.9 Å². The van der Waals surface area contributed by atoms with Crippen LogP contribution < -0.4 is 17.6 Å². The van der Waals surface area contributed by atoms with Gasteiger partial charge in [-0.05, 0) is 0 Å². The van der Waals surface area contributed by atoms with Gasteiger partial charge in [0.1, 0.15) is 0 Å². The van der Waals surface area contributed by atoms with Gasteiger partial charge in [-0.1, -0.05) is 30.3 Å². The summed E-state index contributed by atoms with van der Waals surface area (Å²) < 4.78 is 8.88. The number of hydrogen-bond donors (Lipinski definition) is 0. The van der Waals surface area contributed by atoms with Crippen LogP contribution in [0.2, 0.25) is 0 Å². The van der Waals surface area contributed by atoms with Gasteiger partial charge in [-0.15, -0.1) is 0 Å². The minimum absolute atomic E-state index is 1.09. The number of rotatable bonds is 4. The van der Waals surface area contributed by atoms with Gasteiger partial charge in [-0.25, -0.2) is 0 Å². The summed E-state index contributed by atoms with van der Waals surface area (Å²) in [6.07, 6.45) is 0. The first-order valence-electron chi connectivity index (χ1n) is 20.8. The molecule has 0 spiro atoms. The zero-order valence-electron chi connectivity index (χ0n) is 32.4. The van der Waals surface area contributed by atoms with Gasteiger partial charge in [0.05, 0.1) is 0 Å². The molecule has 0 atom stereocenters. The van der Waals surface area contributed by atoms with E-state index in [4.69, 9.17) is 0 Å². The van der Waals surface area contributed by atoms with Crippen LogP contribution in [0.25, 0.3) is 105 Å². The van der Waals surface area contributed by atoms with E-state index in [2.05, 4.69) is 205 Å². The zero-order chi connectivity index (χ0) is 38.6. The van der Waals surface area contributed by atoms with Crippen LogP contribution in [0.5, 0.6) is 0 Å². The number of fused-ring (bicyclic) bond motifs is 11. The van der Waals surface area contributed by atoms with Crippen LogP contribution in [0.1, 0.15) is 0 Å². The molecule has 59 heavy (non-hydrogen) atoms. The fourth-order valence-corrected chi connectivity index (χ4v) is 19.0. The second kappa shape index (κ2) is 13.1. The Balaban J connectivity index is 1.19. The van der Waals surface area contributed by atoms with E-state index in [9.17, 15) is 0 Å². The first-order chi connectivity index (χ1) is 29.3. The molecule has 0 saturated carbocycles. The van der Waals surface area contributed by atoms with Gasteiger partial charge in [-0.3, -0.25) is 0 Å². The van der Waals surface area contributed by atoms with Crippen LogP contribution in [0.3, 0.4) is 0 Å². The molecule has 0 unspecified atom stereocenters. The summed E-state index contributed by atoms with van der Waals surface area (Å²) >= 11 is -2.18. The summed E-state index contributed by atoms with van der Waals surface area (Å²) in [6.45, 7) is 0. The molecule has 11 aromatic rings. The molecule has 0 amide bonds. The molecule has 3 heteroatoms. The molecule has 13 rings (SSSR count). The summed E-state index contributed by atoms with van der Waals surface area (Å²) in [5.41, 5.74) is 17.3. The van der Waals surface area contributed by atoms with Gasteiger partial charge < -0.3 is 0 Å². The molecule has 10 aromatic carbocycles. The van der Waals surface area contributed by atoms with E-state index in [1.54, 1.807) is 17.6 Å². The summed E-state index contributed by atoms with van der Waals surface area (Å²) in [7, 11) is 0. The van der Waals surface area contributed by atoms with E-state index in [0.29, 0.717) is 0 Å². The molecule has 1 nitrogen and oxygen atoms in total. The quantitative estimate of drug-likeness (QED) is 0.123. The second-order valence-corrected chi connectivity index (χ2v) is 24.2. The molecule has 0 N–H and O–H groups in total. The SMILES string of the molecule is c1ccc(-n2c3ccccc3c3cccc(-c4c5cccc(-c6ccc[c]7c6-c6cccc[c]6[GeH2]7)c5cc5c(-c6ccc[c]7c6-c6cccc[c]6[GeH2]7)cccc45)c32)cc1. The summed E-state index contributed by atoms with van der Waals surface area (Å²) in [4.78, 5) is 0. The van der Waals surface area contributed by atoms with E-state index >= 15 is 0 Å². The van der Waals surface area contributed by atoms with Gasteiger partial charge in [0.15, 0.2) is 0 Å². The molecular formula is C56H37Ge2N. The molecule has 0 saturated heterocycles. The molecule has 2 aliphatic rings. The number of hydrogen-bond acceptors (Lipinski definition) is 0. The minimum Gasteiger partial charge on any atom is -0.0602 e. The van der Waals surface area contributed by atoms with Crippen molar-refractivity contribution < 1.29 is 0 Å². The monoisotopic (exact) mass is 871 g/mol. The molecule has 3 heterocycles. The van der Waals surface area contributed by atoms with Gasteiger partial charge in [-0.2, -0.15) is 0 Å². The van der Waals surface area contributed by atoms with Crippen molar-refractivity contribution in [3.63, 3.8) is 0 Å². The Morgan fingerprint density at radius 3 is 1.34 bits per heavy atom. The Morgan fingerprint density at radius 2 is 0.712 bits per heavy atom. The summed E-state index contributed by atoms with van der Waals surface area (Å²) in [5, 5.41) is 7.72. The first-order valence-corrected chi connectivity index (χ1v) is 26.7. The molecule has 2 aliphatic heterocycles. The maximum atomic E-state index is 2.55. The van der Waals surface area contributed by atoms with E-state index in [1.807, 2.05) is 0 Å². The average Bonchev–Trinajstić information content (AvgIpc) is 3.98. The van der Waals surface area contributed by atoms with Crippen molar-refractivity contribution >= 4 is 91.8 Å². The van der Waals surface area contributed by atoms with Crippen LogP contribution in [0, 0.1) is 0 Å². The van der Waals surface area contributed by atoms with E-state index in [-0.39, 0.29) is 0 Å². The predicted octanol–water partition coefficient (Wildman–Crippen LogP) is 10.3. The van der Waals surface area contributed by atoms with Crippen LogP contribution in [0.4, 0.5) is 0 Å². The number of aromatic nitrogens is 1. The molecule has 0 aliphatic carbocycles. The number of benzene rings is 10. The smallest absolute Gasteiger partial charge is 0.0602 e.